The van der Waals surface area contributed by atoms with E-state index in [0.29, 0.717) is 0 Å². The van der Waals surface area contributed by atoms with E-state index in [1.807, 2.05) is 54.0 Å². The molecule has 0 saturated heterocycles. The molecule has 0 unspecified atom stereocenters. The van der Waals surface area contributed by atoms with Crippen molar-refractivity contribution in [3.63, 3.8) is 0 Å². The van der Waals surface area contributed by atoms with Gasteiger partial charge in [-0.25, -0.2) is 9.59 Å². The predicted molar refractivity (Wildman–Crippen MR) is 99.3 cm³/mol. The molecule has 1 aliphatic rings. The third-order valence-electron chi connectivity index (χ3n) is 4.25. The molecule has 8 heteroatoms. The van der Waals surface area contributed by atoms with Gasteiger partial charge in [0.1, 0.15) is 13.2 Å². The Kier molecular flexibility index (Phi) is 6.11. The maximum absolute atomic E-state index is 11.9. The van der Waals surface area contributed by atoms with Gasteiger partial charge >= 0.3 is 12.2 Å². The number of benzene rings is 2. The highest BCUT2D eigenvalue weighted by atomic mass is 16.8. The van der Waals surface area contributed by atoms with Gasteiger partial charge < -0.3 is 19.6 Å². The maximum Gasteiger partial charge on any atom is 0.533 e. The standard InChI is InChI=1S/C20H20N2O6/c1-2-26-20(25)28-22-18(23)11-21-19(24)27-12-17-15-9-5-3-7-13(15)14-8-4-6-10-16(14)17/h3-10,17H,2,11-12H2,1H3,(H,21,24)(H,22,23). The summed E-state index contributed by atoms with van der Waals surface area (Å²) < 4.78 is 9.77. The first-order valence-corrected chi connectivity index (χ1v) is 8.81. The molecule has 0 bridgehead atoms. The molecule has 146 valence electrons. The lowest BCUT2D eigenvalue weighted by Gasteiger charge is -2.14. The lowest BCUT2D eigenvalue weighted by molar-refractivity contribution is -0.130. The molecule has 0 aromatic heterocycles. The predicted octanol–water partition coefficient (Wildman–Crippen LogP) is 2.73. The monoisotopic (exact) mass is 384 g/mol. The van der Waals surface area contributed by atoms with Crippen molar-refractivity contribution in [2.24, 2.45) is 0 Å². The molecular formula is C20H20N2O6. The van der Waals surface area contributed by atoms with Crippen LogP contribution in [-0.2, 0) is 19.1 Å². The van der Waals surface area contributed by atoms with Gasteiger partial charge in [0.15, 0.2) is 0 Å². The normalized spacial score (nSPS) is 11.8. The average molecular weight is 384 g/mol. The Bertz CT molecular complexity index is 837. The van der Waals surface area contributed by atoms with Crippen LogP contribution in [0, 0.1) is 0 Å². The van der Waals surface area contributed by atoms with Gasteiger partial charge in [0.05, 0.1) is 6.61 Å². The third kappa shape index (κ3) is 4.40. The average Bonchev–Trinajstić information content (AvgIpc) is 3.03. The number of amides is 2. The fourth-order valence-corrected chi connectivity index (χ4v) is 3.08. The summed E-state index contributed by atoms with van der Waals surface area (Å²) in [6.45, 7) is 1.45. The Labute approximate surface area is 161 Å². The molecule has 0 radical (unpaired) electrons. The van der Waals surface area contributed by atoms with Gasteiger partial charge in [-0.3, -0.25) is 4.79 Å². The van der Waals surface area contributed by atoms with Gasteiger partial charge in [0.2, 0.25) is 0 Å². The zero-order valence-electron chi connectivity index (χ0n) is 15.3. The van der Waals surface area contributed by atoms with Crippen LogP contribution in [0.4, 0.5) is 9.59 Å². The summed E-state index contributed by atoms with van der Waals surface area (Å²) in [6.07, 6.45) is -1.77. The van der Waals surface area contributed by atoms with Crippen molar-refractivity contribution in [3.8, 4) is 11.1 Å². The number of fused-ring (bicyclic) bond motifs is 3. The summed E-state index contributed by atoms with van der Waals surface area (Å²) in [5.41, 5.74) is 6.31. The topological polar surface area (TPSA) is 103 Å². The molecule has 3 rings (SSSR count). The van der Waals surface area contributed by atoms with E-state index in [0.717, 1.165) is 22.3 Å². The molecule has 0 spiro atoms. The number of nitrogens with one attached hydrogen (secondary N) is 2. The van der Waals surface area contributed by atoms with Crippen molar-refractivity contribution in [1.82, 2.24) is 10.8 Å². The molecule has 0 atom stereocenters. The summed E-state index contributed by atoms with van der Waals surface area (Å²) in [5.74, 6) is -0.791. The number of carbonyl (C=O) groups excluding carboxylic acids is 3. The van der Waals surface area contributed by atoms with Crippen LogP contribution >= 0.6 is 0 Å². The van der Waals surface area contributed by atoms with Crippen molar-refractivity contribution in [2.75, 3.05) is 19.8 Å². The third-order valence-corrected chi connectivity index (χ3v) is 4.25. The highest BCUT2D eigenvalue weighted by molar-refractivity contribution is 5.82. The Morgan fingerprint density at radius 1 is 0.929 bits per heavy atom. The quantitative estimate of drug-likeness (QED) is 0.607. The molecule has 2 amide bonds. The highest BCUT2D eigenvalue weighted by Gasteiger charge is 2.29. The van der Waals surface area contributed by atoms with E-state index in [1.165, 1.54) is 0 Å². The van der Waals surface area contributed by atoms with Gasteiger partial charge in [0.25, 0.3) is 5.91 Å². The number of hydrogen-bond donors (Lipinski definition) is 2. The molecular weight excluding hydrogens is 364 g/mol. The summed E-state index contributed by atoms with van der Waals surface area (Å²) >= 11 is 0. The minimum Gasteiger partial charge on any atom is -0.449 e. The van der Waals surface area contributed by atoms with E-state index in [4.69, 9.17) is 4.74 Å². The van der Waals surface area contributed by atoms with Gasteiger partial charge in [0, 0.05) is 5.92 Å². The second kappa shape index (κ2) is 8.90. The number of carbonyl (C=O) groups is 3. The van der Waals surface area contributed by atoms with Gasteiger partial charge in [-0.05, 0) is 29.2 Å². The molecule has 2 aromatic rings. The lowest BCUT2D eigenvalue weighted by atomic mass is 9.98. The molecule has 1 aliphatic carbocycles. The van der Waals surface area contributed by atoms with E-state index in [2.05, 4.69) is 14.9 Å². The Hall–Kier alpha value is -3.55. The molecule has 8 nitrogen and oxygen atoms in total. The van der Waals surface area contributed by atoms with Crippen molar-refractivity contribution in [2.45, 2.75) is 12.8 Å². The van der Waals surface area contributed by atoms with E-state index in [-0.39, 0.29) is 19.1 Å². The first-order valence-electron chi connectivity index (χ1n) is 8.81. The molecule has 0 saturated carbocycles. The van der Waals surface area contributed by atoms with Crippen molar-refractivity contribution < 1.29 is 28.7 Å². The van der Waals surface area contributed by atoms with Gasteiger partial charge in [-0.15, -0.1) is 0 Å². The lowest BCUT2D eigenvalue weighted by Crippen LogP contribution is -2.38. The van der Waals surface area contributed by atoms with E-state index in [9.17, 15) is 14.4 Å². The van der Waals surface area contributed by atoms with Crippen LogP contribution in [0.25, 0.3) is 11.1 Å². The van der Waals surface area contributed by atoms with E-state index < -0.39 is 24.7 Å². The van der Waals surface area contributed by atoms with E-state index in [1.54, 1.807) is 6.92 Å². The molecule has 0 fully saturated rings. The molecule has 2 N–H and O–H groups in total. The van der Waals surface area contributed by atoms with Crippen LogP contribution in [0.5, 0.6) is 0 Å². The number of alkyl carbamates (subject to hydrolysis) is 1. The van der Waals surface area contributed by atoms with Crippen LogP contribution in [0.15, 0.2) is 48.5 Å². The van der Waals surface area contributed by atoms with Crippen LogP contribution in [0.1, 0.15) is 24.0 Å². The highest BCUT2D eigenvalue weighted by Crippen LogP contribution is 2.44. The summed E-state index contributed by atoms with van der Waals surface area (Å²) in [6, 6.07) is 16.0. The zero-order valence-corrected chi connectivity index (χ0v) is 15.3. The molecule has 0 heterocycles. The Morgan fingerprint density at radius 3 is 2.14 bits per heavy atom. The smallest absolute Gasteiger partial charge is 0.449 e. The number of ether oxygens (including phenoxy) is 2. The summed E-state index contributed by atoms with van der Waals surface area (Å²) in [7, 11) is 0. The summed E-state index contributed by atoms with van der Waals surface area (Å²) in [4.78, 5) is 38.8. The first-order chi connectivity index (χ1) is 13.6. The molecule has 28 heavy (non-hydrogen) atoms. The van der Waals surface area contributed by atoms with Crippen LogP contribution in [-0.4, -0.2) is 37.9 Å². The SMILES string of the molecule is CCOC(=O)ONC(=O)CNC(=O)OCC1c2ccccc2-c2ccccc21. The van der Waals surface area contributed by atoms with Crippen molar-refractivity contribution >= 4 is 18.2 Å². The van der Waals surface area contributed by atoms with Crippen LogP contribution in [0.2, 0.25) is 0 Å². The van der Waals surface area contributed by atoms with Crippen LogP contribution in [0.3, 0.4) is 0 Å². The minimum atomic E-state index is -1.03. The maximum atomic E-state index is 11.9. The van der Waals surface area contributed by atoms with Gasteiger partial charge in [-0.2, -0.15) is 5.48 Å². The second-order valence-electron chi connectivity index (χ2n) is 5.99. The first kappa shape index (κ1) is 19.2. The fraction of sp³-hybridized carbons (Fsp3) is 0.250. The number of hydroxylamine groups is 1. The molecule has 2 aromatic carbocycles. The zero-order chi connectivity index (χ0) is 19.9. The van der Waals surface area contributed by atoms with Crippen molar-refractivity contribution in [1.29, 1.82) is 0 Å². The Balaban J connectivity index is 1.50. The Morgan fingerprint density at radius 2 is 1.54 bits per heavy atom. The molecule has 0 aliphatic heterocycles. The second-order valence-corrected chi connectivity index (χ2v) is 5.99. The minimum absolute atomic E-state index is 0.0703. The van der Waals surface area contributed by atoms with Crippen LogP contribution < -0.4 is 10.8 Å². The number of rotatable bonds is 5. The van der Waals surface area contributed by atoms with E-state index >= 15 is 0 Å². The van der Waals surface area contributed by atoms with Crippen molar-refractivity contribution in [3.05, 3.63) is 59.7 Å². The fourth-order valence-electron chi connectivity index (χ4n) is 3.08. The number of hydrogen-bond acceptors (Lipinski definition) is 6. The van der Waals surface area contributed by atoms with Gasteiger partial charge in [-0.1, -0.05) is 48.5 Å². The summed E-state index contributed by atoms with van der Waals surface area (Å²) in [5, 5.41) is 2.30. The largest absolute Gasteiger partial charge is 0.533 e.